The Bertz CT molecular complexity index is 677. The molecule has 0 radical (unpaired) electrons. The SMILES string of the molecule is Nc1cnc2ccccc2c1NCCc1ccco1. The number of para-hydroxylation sites is 1. The molecule has 2 heterocycles. The maximum absolute atomic E-state index is 6.00. The van der Waals surface area contributed by atoms with Crippen LogP contribution in [0.25, 0.3) is 10.9 Å². The second kappa shape index (κ2) is 5.02. The third kappa shape index (κ3) is 2.38. The molecule has 0 unspecified atom stereocenters. The Morgan fingerprint density at radius 2 is 2.05 bits per heavy atom. The lowest BCUT2D eigenvalue weighted by Crippen LogP contribution is -2.07. The highest BCUT2D eigenvalue weighted by molar-refractivity contribution is 5.96. The monoisotopic (exact) mass is 253 g/mol. The van der Waals surface area contributed by atoms with Gasteiger partial charge in [-0.3, -0.25) is 4.98 Å². The number of hydrogen-bond acceptors (Lipinski definition) is 4. The maximum Gasteiger partial charge on any atom is 0.105 e. The van der Waals surface area contributed by atoms with Crippen molar-refractivity contribution < 1.29 is 4.42 Å². The fourth-order valence-corrected chi connectivity index (χ4v) is 2.12. The fraction of sp³-hybridized carbons (Fsp3) is 0.133. The topological polar surface area (TPSA) is 64.1 Å². The molecule has 19 heavy (non-hydrogen) atoms. The fourth-order valence-electron chi connectivity index (χ4n) is 2.12. The van der Waals surface area contributed by atoms with Crippen molar-refractivity contribution in [2.75, 3.05) is 17.6 Å². The van der Waals surface area contributed by atoms with Gasteiger partial charge >= 0.3 is 0 Å². The van der Waals surface area contributed by atoms with Crippen LogP contribution in [-0.4, -0.2) is 11.5 Å². The van der Waals surface area contributed by atoms with E-state index in [9.17, 15) is 0 Å². The molecule has 0 bridgehead atoms. The number of aromatic nitrogens is 1. The highest BCUT2D eigenvalue weighted by atomic mass is 16.3. The minimum absolute atomic E-state index is 0.665. The molecule has 3 aromatic rings. The van der Waals surface area contributed by atoms with Crippen LogP contribution in [-0.2, 0) is 6.42 Å². The lowest BCUT2D eigenvalue weighted by molar-refractivity contribution is 0.513. The lowest BCUT2D eigenvalue weighted by atomic mass is 10.1. The number of nitrogen functional groups attached to an aromatic ring is 1. The van der Waals surface area contributed by atoms with Gasteiger partial charge in [0.15, 0.2) is 0 Å². The van der Waals surface area contributed by atoms with Crippen LogP contribution in [0.2, 0.25) is 0 Å². The number of rotatable bonds is 4. The summed E-state index contributed by atoms with van der Waals surface area (Å²) in [6.07, 6.45) is 4.20. The molecular formula is C15H15N3O. The Hall–Kier alpha value is -2.49. The molecule has 0 saturated heterocycles. The summed E-state index contributed by atoms with van der Waals surface area (Å²) < 4.78 is 5.31. The molecular weight excluding hydrogens is 238 g/mol. The molecule has 0 aliphatic rings. The van der Waals surface area contributed by atoms with Gasteiger partial charge in [-0.2, -0.15) is 0 Å². The summed E-state index contributed by atoms with van der Waals surface area (Å²) in [6.45, 7) is 0.770. The number of nitrogens with zero attached hydrogens (tertiary/aromatic N) is 1. The molecule has 3 N–H and O–H groups in total. The number of nitrogens with one attached hydrogen (secondary N) is 1. The van der Waals surface area contributed by atoms with Crippen LogP contribution in [0.3, 0.4) is 0 Å². The second-order valence-corrected chi connectivity index (χ2v) is 4.36. The normalized spacial score (nSPS) is 10.7. The van der Waals surface area contributed by atoms with E-state index in [1.165, 1.54) is 0 Å². The van der Waals surface area contributed by atoms with Crippen molar-refractivity contribution in [3.8, 4) is 0 Å². The number of nitrogens with two attached hydrogens (primary N) is 1. The first-order valence-electron chi connectivity index (χ1n) is 6.24. The number of benzene rings is 1. The van der Waals surface area contributed by atoms with Crippen molar-refractivity contribution in [3.05, 3.63) is 54.6 Å². The highest BCUT2D eigenvalue weighted by Gasteiger charge is 2.05. The van der Waals surface area contributed by atoms with Crippen LogP contribution < -0.4 is 11.1 Å². The van der Waals surface area contributed by atoms with Crippen LogP contribution in [0, 0.1) is 0 Å². The zero-order valence-electron chi connectivity index (χ0n) is 10.5. The van der Waals surface area contributed by atoms with Crippen LogP contribution in [0.1, 0.15) is 5.76 Å². The first kappa shape index (κ1) is 11.6. The molecule has 0 spiro atoms. The summed E-state index contributed by atoms with van der Waals surface area (Å²) in [4.78, 5) is 4.32. The van der Waals surface area contributed by atoms with Crippen LogP contribution in [0.4, 0.5) is 11.4 Å². The van der Waals surface area contributed by atoms with E-state index in [2.05, 4.69) is 10.3 Å². The van der Waals surface area contributed by atoms with Crippen molar-refractivity contribution >= 4 is 22.3 Å². The molecule has 0 saturated carbocycles. The van der Waals surface area contributed by atoms with Crippen molar-refractivity contribution in [1.29, 1.82) is 0 Å². The van der Waals surface area contributed by atoms with Gasteiger partial charge in [0.1, 0.15) is 5.76 Å². The zero-order valence-corrected chi connectivity index (χ0v) is 10.5. The summed E-state index contributed by atoms with van der Waals surface area (Å²) in [5.74, 6) is 0.962. The molecule has 1 aromatic carbocycles. The van der Waals surface area contributed by atoms with E-state index in [0.29, 0.717) is 5.69 Å². The molecule has 0 fully saturated rings. The summed E-state index contributed by atoms with van der Waals surface area (Å²) >= 11 is 0. The second-order valence-electron chi connectivity index (χ2n) is 4.36. The Labute approximate surface area is 111 Å². The van der Waals surface area contributed by atoms with Gasteiger partial charge < -0.3 is 15.5 Å². The third-order valence-corrected chi connectivity index (χ3v) is 3.06. The van der Waals surface area contributed by atoms with Crippen LogP contribution in [0.5, 0.6) is 0 Å². The van der Waals surface area contributed by atoms with E-state index < -0.39 is 0 Å². The van der Waals surface area contributed by atoms with Crippen LogP contribution >= 0.6 is 0 Å². The molecule has 2 aromatic heterocycles. The van der Waals surface area contributed by atoms with Crippen molar-refractivity contribution in [2.24, 2.45) is 0 Å². The minimum Gasteiger partial charge on any atom is -0.469 e. The standard InChI is InChI=1S/C15H15N3O/c16-13-10-18-14-6-2-1-5-12(14)15(13)17-8-7-11-4-3-9-19-11/h1-6,9-10H,7-8,16H2,(H,17,18). The molecule has 0 amide bonds. The Morgan fingerprint density at radius 3 is 2.89 bits per heavy atom. The number of fused-ring (bicyclic) bond motifs is 1. The van der Waals surface area contributed by atoms with E-state index in [1.54, 1.807) is 12.5 Å². The van der Waals surface area contributed by atoms with Gasteiger partial charge in [-0.1, -0.05) is 18.2 Å². The minimum atomic E-state index is 0.665. The number of pyridine rings is 1. The molecule has 0 aliphatic heterocycles. The van der Waals surface area contributed by atoms with E-state index in [0.717, 1.165) is 35.3 Å². The number of anilines is 2. The smallest absolute Gasteiger partial charge is 0.105 e. The maximum atomic E-state index is 6.00. The average Bonchev–Trinajstić information content (AvgIpc) is 2.94. The van der Waals surface area contributed by atoms with Gasteiger partial charge in [-0.15, -0.1) is 0 Å². The largest absolute Gasteiger partial charge is 0.469 e. The van der Waals surface area contributed by atoms with E-state index in [-0.39, 0.29) is 0 Å². The quantitative estimate of drug-likeness (QED) is 0.750. The molecule has 4 nitrogen and oxygen atoms in total. The number of furan rings is 1. The van der Waals surface area contributed by atoms with E-state index in [1.807, 2.05) is 36.4 Å². The van der Waals surface area contributed by atoms with Crippen molar-refractivity contribution in [3.63, 3.8) is 0 Å². The highest BCUT2D eigenvalue weighted by Crippen LogP contribution is 2.27. The van der Waals surface area contributed by atoms with Crippen LogP contribution in [0.15, 0.2) is 53.3 Å². The first-order valence-corrected chi connectivity index (χ1v) is 6.24. The summed E-state index contributed by atoms with van der Waals surface area (Å²) in [6, 6.07) is 11.8. The summed E-state index contributed by atoms with van der Waals surface area (Å²) in [7, 11) is 0. The predicted octanol–water partition coefficient (Wildman–Crippen LogP) is 3.06. The van der Waals surface area contributed by atoms with Gasteiger partial charge in [0.25, 0.3) is 0 Å². The summed E-state index contributed by atoms with van der Waals surface area (Å²) in [5.41, 5.74) is 8.55. The van der Waals surface area contributed by atoms with E-state index >= 15 is 0 Å². The zero-order chi connectivity index (χ0) is 13.1. The summed E-state index contributed by atoms with van der Waals surface area (Å²) in [5, 5.41) is 4.41. The van der Waals surface area contributed by atoms with Gasteiger partial charge in [-0.05, 0) is 18.2 Å². The predicted molar refractivity (Wildman–Crippen MR) is 77.1 cm³/mol. The Kier molecular flexibility index (Phi) is 3.06. The number of hydrogen-bond donors (Lipinski definition) is 2. The first-order chi connectivity index (χ1) is 9.34. The average molecular weight is 253 g/mol. The van der Waals surface area contributed by atoms with E-state index in [4.69, 9.17) is 10.2 Å². The molecule has 0 aliphatic carbocycles. The molecule has 96 valence electrons. The Balaban J connectivity index is 1.81. The third-order valence-electron chi connectivity index (χ3n) is 3.06. The Morgan fingerprint density at radius 1 is 1.16 bits per heavy atom. The van der Waals surface area contributed by atoms with Crippen molar-refractivity contribution in [1.82, 2.24) is 4.98 Å². The molecule has 3 rings (SSSR count). The van der Waals surface area contributed by atoms with Gasteiger partial charge in [0.05, 0.1) is 29.4 Å². The lowest BCUT2D eigenvalue weighted by Gasteiger charge is -2.11. The van der Waals surface area contributed by atoms with Crippen molar-refractivity contribution in [2.45, 2.75) is 6.42 Å². The molecule has 4 heteroatoms. The van der Waals surface area contributed by atoms with Gasteiger partial charge in [-0.25, -0.2) is 0 Å². The van der Waals surface area contributed by atoms with Gasteiger partial charge in [0, 0.05) is 18.4 Å². The molecule has 0 atom stereocenters. The van der Waals surface area contributed by atoms with Gasteiger partial charge in [0.2, 0.25) is 0 Å².